The molecule has 22 heavy (non-hydrogen) atoms. The third kappa shape index (κ3) is 5.00. The summed E-state index contributed by atoms with van der Waals surface area (Å²) in [4.78, 5) is 11.0. The van der Waals surface area contributed by atoms with Crippen molar-refractivity contribution in [1.82, 2.24) is 14.9 Å². The fraction of sp³-hybridized carbons (Fsp3) is 0.412. The lowest BCUT2D eigenvalue weighted by atomic mass is 10.1. The molecule has 0 saturated heterocycles. The van der Waals surface area contributed by atoms with Crippen LogP contribution in [0.4, 0.5) is 17.3 Å². The highest BCUT2D eigenvalue weighted by molar-refractivity contribution is 5.59. The number of hydrogen-bond donors (Lipinski definition) is 2. The Hall–Kier alpha value is -2.14. The summed E-state index contributed by atoms with van der Waals surface area (Å²) in [5.74, 6) is 2.41. The molecule has 0 atom stereocenters. The Morgan fingerprint density at radius 3 is 2.36 bits per heavy atom. The van der Waals surface area contributed by atoms with E-state index >= 15 is 0 Å². The maximum absolute atomic E-state index is 4.44. The molecule has 5 nitrogen and oxygen atoms in total. The van der Waals surface area contributed by atoms with Gasteiger partial charge in [0, 0.05) is 24.8 Å². The molecule has 0 amide bonds. The Balaban J connectivity index is 2.04. The van der Waals surface area contributed by atoms with Crippen molar-refractivity contribution in [1.29, 1.82) is 0 Å². The highest BCUT2D eigenvalue weighted by Gasteiger charge is 2.03. The smallest absolute Gasteiger partial charge is 0.136 e. The fourth-order valence-electron chi connectivity index (χ4n) is 2.10. The van der Waals surface area contributed by atoms with Gasteiger partial charge in [0.1, 0.15) is 17.5 Å². The summed E-state index contributed by atoms with van der Waals surface area (Å²) in [6.07, 6.45) is 1.05. The average Bonchev–Trinajstić information content (AvgIpc) is 2.47. The van der Waals surface area contributed by atoms with Crippen molar-refractivity contribution in [2.75, 3.05) is 37.8 Å². The number of rotatable bonds is 7. The Morgan fingerprint density at radius 2 is 1.73 bits per heavy atom. The van der Waals surface area contributed by atoms with Gasteiger partial charge in [0.2, 0.25) is 0 Å². The van der Waals surface area contributed by atoms with Crippen LogP contribution >= 0.6 is 0 Å². The number of likely N-dealkylation sites (N-methyl/N-ethyl adjacent to an activating group) is 1. The van der Waals surface area contributed by atoms with Crippen LogP contribution in [-0.4, -0.2) is 42.1 Å². The lowest BCUT2D eigenvalue weighted by molar-refractivity contribution is 0.425. The highest BCUT2D eigenvalue weighted by Crippen LogP contribution is 2.18. The molecule has 0 aliphatic rings. The monoisotopic (exact) mass is 299 g/mol. The van der Waals surface area contributed by atoms with Crippen molar-refractivity contribution >= 4 is 17.3 Å². The van der Waals surface area contributed by atoms with Gasteiger partial charge in [0.05, 0.1) is 0 Å². The van der Waals surface area contributed by atoms with Crippen LogP contribution < -0.4 is 10.6 Å². The number of nitrogens with one attached hydrogen (secondary N) is 2. The molecule has 5 heteroatoms. The van der Waals surface area contributed by atoms with Gasteiger partial charge in [-0.25, -0.2) is 9.97 Å². The first-order valence-corrected chi connectivity index (χ1v) is 7.67. The normalized spacial score (nSPS) is 10.8. The van der Waals surface area contributed by atoms with E-state index in [2.05, 4.69) is 70.8 Å². The summed E-state index contributed by atoms with van der Waals surface area (Å²) in [7, 11) is 4.11. The van der Waals surface area contributed by atoms with Gasteiger partial charge in [-0.1, -0.05) is 19.1 Å². The maximum Gasteiger partial charge on any atom is 0.136 e. The molecule has 1 aromatic carbocycles. The molecule has 0 unspecified atom stereocenters. The summed E-state index contributed by atoms with van der Waals surface area (Å²) in [5.41, 5.74) is 2.37. The first-order valence-electron chi connectivity index (χ1n) is 7.67. The van der Waals surface area contributed by atoms with Crippen LogP contribution in [0.5, 0.6) is 0 Å². The number of hydrogen-bond acceptors (Lipinski definition) is 5. The minimum Gasteiger partial charge on any atom is -0.369 e. The zero-order valence-electron chi connectivity index (χ0n) is 13.8. The van der Waals surface area contributed by atoms with E-state index in [-0.39, 0.29) is 0 Å². The summed E-state index contributed by atoms with van der Waals surface area (Å²) in [6, 6.07) is 10.4. The largest absolute Gasteiger partial charge is 0.369 e. The van der Waals surface area contributed by atoms with Gasteiger partial charge in [0.15, 0.2) is 0 Å². The van der Waals surface area contributed by atoms with Crippen molar-refractivity contribution in [2.45, 2.75) is 20.3 Å². The Bertz CT molecular complexity index is 592. The van der Waals surface area contributed by atoms with E-state index in [4.69, 9.17) is 0 Å². The number of anilines is 3. The molecule has 0 aliphatic heterocycles. The molecule has 2 aromatic rings. The molecule has 0 radical (unpaired) electrons. The second-order valence-electron chi connectivity index (χ2n) is 5.59. The molecule has 2 rings (SSSR count). The van der Waals surface area contributed by atoms with Gasteiger partial charge >= 0.3 is 0 Å². The molecule has 1 heterocycles. The van der Waals surface area contributed by atoms with E-state index in [0.717, 1.165) is 42.7 Å². The van der Waals surface area contributed by atoms with Crippen molar-refractivity contribution in [3.05, 3.63) is 41.7 Å². The van der Waals surface area contributed by atoms with Gasteiger partial charge in [-0.2, -0.15) is 0 Å². The molecule has 118 valence electrons. The quantitative estimate of drug-likeness (QED) is 0.823. The van der Waals surface area contributed by atoms with Crippen molar-refractivity contribution < 1.29 is 0 Å². The standard InChI is InChI=1S/C17H25N5/c1-5-14-6-8-15(9-7-14)21-17-12-16(19-13(2)20-17)18-10-11-22(3)4/h6-9,12H,5,10-11H2,1-4H3,(H2,18,19,20,21). The second kappa shape index (κ2) is 7.75. The molecule has 0 fully saturated rings. The Kier molecular flexibility index (Phi) is 5.72. The predicted octanol–water partition coefficient (Wildman–Crippen LogP) is 3.06. The van der Waals surface area contributed by atoms with Crippen LogP contribution in [0.3, 0.4) is 0 Å². The van der Waals surface area contributed by atoms with E-state index in [1.807, 2.05) is 13.0 Å². The number of aryl methyl sites for hydroxylation is 2. The first kappa shape index (κ1) is 16.2. The molecular formula is C17H25N5. The van der Waals surface area contributed by atoms with Gasteiger partial charge < -0.3 is 15.5 Å². The van der Waals surface area contributed by atoms with Gasteiger partial charge in [-0.3, -0.25) is 0 Å². The summed E-state index contributed by atoms with van der Waals surface area (Å²) in [6.45, 7) is 5.88. The van der Waals surface area contributed by atoms with Gasteiger partial charge in [-0.05, 0) is 45.1 Å². The fourth-order valence-corrected chi connectivity index (χ4v) is 2.10. The molecule has 1 aromatic heterocycles. The van der Waals surface area contributed by atoms with E-state index < -0.39 is 0 Å². The predicted molar refractivity (Wildman–Crippen MR) is 92.9 cm³/mol. The number of aromatic nitrogens is 2. The minimum atomic E-state index is 0.752. The number of nitrogens with zero attached hydrogens (tertiary/aromatic N) is 3. The van der Waals surface area contributed by atoms with Crippen LogP contribution in [0, 0.1) is 6.92 Å². The van der Waals surface area contributed by atoms with E-state index in [0.29, 0.717) is 0 Å². The van der Waals surface area contributed by atoms with Crippen LogP contribution in [-0.2, 0) is 6.42 Å². The average molecular weight is 299 g/mol. The Morgan fingerprint density at radius 1 is 1.05 bits per heavy atom. The zero-order valence-corrected chi connectivity index (χ0v) is 13.8. The first-order chi connectivity index (χ1) is 10.6. The topological polar surface area (TPSA) is 53.1 Å². The summed E-state index contributed by atoms with van der Waals surface area (Å²) < 4.78 is 0. The second-order valence-corrected chi connectivity index (χ2v) is 5.59. The third-order valence-corrected chi connectivity index (χ3v) is 3.34. The van der Waals surface area contributed by atoms with Gasteiger partial charge in [-0.15, -0.1) is 0 Å². The summed E-state index contributed by atoms with van der Waals surface area (Å²) >= 11 is 0. The number of benzene rings is 1. The van der Waals surface area contributed by atoms with Crippen LogP contribution in [0.1, 0.15) is 18.3 Å². The van der Waals surface area contributed by atoms with Crippen molar-refractivity contribution in [3.63, 3.8) is 0 Å². The van der Waals surface area contributed by atoms with Crippen LogP contribution in [0.2, 0.25) is 0 Å². The lowest BCUT2D eigenvalue weighted by Crippen LogP contribution is -2.21. The zero-order chi connectivity index (χ0) is 15.9. The minimum absolute atomic E-state index is 0.752. The third-order valence-electron chi connectivity index (χ3n) is 3.34. The van der Waals surface area contributed by atoms with Crippen molar-refractivity contribution in [3.8, 4) is 0 Å². The Labute approximate surface area is 132 Å². The maximum atomic E-state index is 4.44. The lowest BCUT2D eigenvalue weighted by Gasteiger charge is -2.12. The molecule has 2 N–H and O–H groups in total. The van der Waals surface area contributed by atoms with E-state index in [9.17, 15) is 0 Å². The summed E-state index contributed by atoms with van der Waals surface area (Å²) in [5, 5.41) is 6.66. The molecule has 0 saturated carbocycles. The molecule has 0 spiro atoms. The van der Waals surface area contributed by atoms with Crippen LogP contribution in [0.25, 0.3) is 0 Å². The van der Waals surface area contributed by atoms with E-state index in [1.165, 1.54) is 5.56 Å². The SMILES string of the molecule is CCc1ccc(Nc2cc(NCCN(C)C)nc(C)n2)cc1. The molecular weight excluding hydrogens is 274 g/mol. The van der Waals surface area contributed by atoms with Crippen LogP contribution in [0.15, 0.2) is 30.3 Å². The van der Waals surface area contributed by atoms with Crippen molar-refractivity contribution in [2.24, 2.45) is 0 Å². The highest BCUT2D eigenvalue weighted by atomic mass is 15.1. The molecule has 0 bridgehead atoms. The van der Waals surface area contributed by atoms with E-state index in [1.54, 1.807) is 0 Å². The molecule has 0 aliphatic carbocycles. The van der Waals surface area contributed by atoms with Gasteiger partial charge in [0.25, 0.3) is 0 Å².